The number of aromatic nitrogens is 3. The number of nitrogens with one attached hydrogen (secondary N) is 1. The summed E-state index contributed by atoms with van der Waals surface area (Å²) in [6, 6.07) is -0.174. The summed E-state index contributed by atoms with van der Waals surface area (Å²) >= 11 is -0.318. The van der Waals surface area contributed by atoms with Crippen molar-refractivity contribution in [3.05, 3.63) is 11.6 Å². The smallest absolute Gasteiger partial charge is 0.351 e. The van der Waals surface area contributed by atoms with Gasteiger partial charge >= 0.3 is 5.51 Å². The predicted octanol–water partition coefficient (Wildman–Crippen LogP) is 2.09. The van der Waals surface area contributed by atoms with Gasteiger partial charge < -0.3 is 9.88 Å². The highest BCUT2D eigenvalue weighted by molar-refractivity contribution is 8.00. The molecule has 0 aliphatic carbocycles. The van der Waals surface area contributed by atoms with Crippen LogP contribution in [0.4, 0.5) is 13.2 Å². The SMILES string of the molecule is CC(C)c1nnc2n1CC(NC(=O)CSC(F)(F)F)CC2. The second-order valence-corrected chi connectivity index (χ2v) is 6.32. The van der Waals surface area contributed by atoms with E-state index in [4.69, 9.17) is 0 Å². The first-order valence-electron chi connectivity index (χ1n) is 6.68. The van der Waals surface area contributed by atoms with Gasteiger partial charge in [-0.05, 0) is 18.2 Å². The van der Waals surface area contributed by atoms with Gasteiger partial charge in [0.1, 0.15) is 11.6 Å². The number of rotatable bonds is 4. The van der Waals surface area contributed by atoms with Crippen LogP contribution in [0.3, 0.4) is 0 Å². The molecule has 0 saturated heterocycles. The van der Waals surface area contributed by atoms with Crippen molar-refractivity contribution in [1.29, 1.82) is 0 Å². The Morgan fingerprint density at radius 1 is 1.48 bits per heavy atom. The molecule has 5 nitrogen and oxygen atoms in total. The van der Waals surface area contributed by atoms with E-state index in [1.165, 1.54) is 0 Å². The quantitative estimate of drug-likeness (QED) is 0.922. The van der Waals surface area contributed by atoms with Gasteiger partial charge in [-0.2, -0.15) is 13.2 Å². The van der Waals surface area contributed by atoms with Crippen LogP contribution in [-0.2, 0) is 17.8 Å². The van der Waals surface area contributed by atoms with Gasteiger partial charge in [0.2, 0.25) is 5.91 Å². The van der Waals surface area contributed by atoms with E-state index in [0.29, 0.717) is 19.4 Å². The summed E-state index contributed by atoms with van der Waals surface area (Å²) in [6.45, 7) is 4.51. The average Bonchev–Trinajstić information content (AvgIpc) is 2.78. The van der Waals surface area contributed by atoms with Gasteiger partial charge in [-0.25, -0.2) is 0 Å². The average molecular weight is 322 g/mol. The number of fused-ring (bicyclic) bond motifs is 1. The second kappa shape index (κ2) is 6.25. The van der Waals surface area contributed by atoms with Crippen LogP contribution in [0.25, 0.3) is 0 Å². The molecule has 9 heteroatoms. The number of amides is 1. The first kappa shape index (κ1) is 16.1. The molecule has 1 aromatic rings. The molecule has 1 atom stereocenters. The third-order valence-electron chi connectivity index (χ3n) is 3.22. The standard InChI is InChI=1S/C12H17F3N4OS/c1-7(2)11-18-17-9-4-3-8(5-19(9)11)16-10(20)6-21-12(13,14)15/h7-8H,3-6H2,1-2H3,(H,16,20). The lowest BCUT2D eigenvalue weighted by Crippen LogP contribution is -2.42. The zero-order chi connectivity index (χ0) is 15.6. The van der Waals surface area contributed by atoms with Crippen LogP contribution in [0.5, 0.6) is 0 Å². The summed E-state index contributed by atoms with van der Waals surface area (Å²) in [6.07, 6.45) is 1.33. The number of carbonyl (C=O) groups excluding carboxylic acids is 1. The number of carbonyl (C=O) groups is 1. The number of hydrogen-bond acceptors (Lipinski definition) is 4. The molecule has 1 unspecified atom stereocenters. The minimum absolute atomic E-state index is 0.174. The zero-order valence-corrected chi connectivity index (χ0v) is 12.6. The van der Waals surface area contributed by atoms with Gasteiger partial charge in [0.05, 0.1) is 5.75 Å². The fraction of sp³-hybridized carbons (Fsp3) is 0.750. The van der Waals surface area contributed by atoms with Gasteiger partial charge in [0.25, 0.3) is 0 Å². The lowest BCUT2D eigenvalue weighted by Gasteiger charge is -2.26. The number of hydrogen-bond donors (Lipinski definition) is 1. The van der Waals surface area contributed by atoms with E-state index >= 15 is 0 Å². The summed E-state index contributed by atoms with van der Waals surface area (Å²) in [5.41, 5.74) is -4.38. The van der Waals surface area contributed by atoms with E-state index in [9.17, 15) is 18.0 Å². The molecule has 118 valence electrons. The van der Waals surface area contributed by atoms with Crippen LogP contribution >= 0.6 is 11.8 Å². The molecule has 1 aliphatic heterocycles. The second-order valence-electron chi connectivity index (χ2n) is 5.28. The third-order valence-corrected chi connectivity index (χ3v) is 3.96. The Labute approximate surface area is 124 Å². The van der Waals surface area contributed by atoms with Crippen LogP contribution in [-0.4, -0.2) is 38.0 Å². The predicted molar refractivity (Wildman–Crippen MR) is 72.9 cm³/mol. The molecule has 0 fully saturated rings. The topological polar surface area (TPSA) is 59.8 Å². The van der Waals surface area contributed by atoms with E-state index in [1.54, 1.807) is 0 Å². The van der Waals surface area contributed by atoms with E-state index in [1.807, 2.05) is 18.4 Å². The van der Waals surface area contributed by atoms with Crippen LogP contribution in [0, 0.1) is 0 Å². The Hall–Kier alpha value is -1.25. The Morgan fingerprint density at radius 2 is 2.19 bits per heavy atom. The lowest BCUT2D eigenvalue weighted by molar-refractivity contribution is -0.119. The largest absolute Gasteiger partial charge is 0.442 e. The van der Waals surface area contributed by atoms with Gasteiger partial charge in [-0.3, -0.25) is 4.79 Å². The molecule has 1 N–H and O–H groups in total. The molecule has 1 amide bonds. The molecule has 1 aliphatic rings. The minimum Gasteiger partial charge on any atom is -0.351 e. The molecular formula is C12H17F3N4OS. The van der Waals surface area contributed by atoms with Crippen molar-refractivity contribution < 1.29 is 18.0 Å². The number of alkyl halides is 3. The fourth-order valence-electron chi connectivity index (χ4n) is 2.31. The normalized spacial score (nSPS) is 18.7. The number of thioether (sulfide) groups is 1. The summed E-state index contributed by atoms with van der Waals surface area (Å²) in [5.74, 6) is 0.723. The van der Waals surface area contributed by atoms with E-state index in [-0.39, 0.29) is 23.7 Å². The zero-order valence-electron chi connectivity index (χ0n) is 11.8. The maximum atomic E-state index is 12.1. The van der Waals surface area contributed by atoms with Crippen LogP contribution in [0.1, 0.15) is 37.8 Å². The Balaban J connectivity index is 1.92. The van der Waals surface area contributed by atoms with Crippen molar-refractivity contribution in [2.45, 2.75) is 50.7 Å². The van der Waals surface area contributed by atoms with E-state index in [2.05, 4.69) is 15.5 Å². The highest BCUT2D eigenvalue weighted by Crippen LogP contribution is 2.29. The lowest BCUT2D eigenvalue weighted by atomic mass is 10.1. The van der Waals surface area contributed by atoms with Crippen molar-refractivity contribution in [3.63, 3.8) is 0 Å². The Bertz CT molecular complexity index is 515. The van der Waals surface area contributed by atoms with Gasteiger partial charge in [0, 0.05) is 24.9 Å². The van der Waals surface area contributed by atoms with Crippen LogP contribution in [0.2, 0.25) is 0 Å². The number of aryl methyl sites for hydroxylation is 1. The fourth-order valence-corrected chi connectivity index (χ4v) is 2.69. The third kappa shape index (κ3) is 4.36. The first-order valence-corrected chi connectivity index (χ1v) is 7.67. The van der Waals surface area contributed by atoms with Crippen molar-refractivity contribution in [2.24, 2.45) is 0 Å². The molecule has 0 bridgehead atoms. The Kier molecular flexibility index (Phi) is 4.80. The molecule has 0 aromatic carbocycles. The molecule has 1 aromatic heterocycles. The highest BCUT2D eigenvalue weighted by Gasteiger charge is 2.30. The van der Waals surface area contributed by atoms with E-state index < -0.39 is 17.2 Å². The van der Waals surface area contributed by atoms with Crippen molar-refractivity contribution in [2.75, 3.05) is 5.75 Å². The van der Waals surface area contributed by atoms with Gasteiger partial charge in [0.15, 0.2) is 0 Å². The molecule has 2 rings (SSSR count). The first-order chi connectivity index (χ1) is 9.76. The maximum absolute atomic E-state index is 12.1. The van der Waals surface area contributed by atoms with Crippen LogP contribution in [0.15, 0.2) is 0 Å². The summed E-state index contributed by atoms with van der Waals surface area (Å²) in [7, 11) is 0. The Morgan fingerprint density at radius 3 is 2.81 bits per heavy atom. The van der Waals surface area contributed by atoms with Crippen molar-refractivity contribution in [3.8, 4) is 0 Å². The molecule has 0 saturated carbocycles. The number of nitrogens with zero attached hydrogens (tertiary/aromatic N) is 3. The van der Waals surface area contributed by atoms with E-state index in [0.717, 1.165) is 11.6 Å². The van der Waals surface area contributed by atoms with Gasteiger partial charge in [-0.1, -0.05) is 13.8 Å². The summed E-state index contributed by atoms with van der Waals surface area (Å²) in [4.78, 5) is 11.6. The summed E-state index contributed by atoms with van der Waals surface area (Å²) < 4.78 is 38.1. The van der Waals surface area contributed by atoms with Crippen LogP contribution < -0.4 is 5.32 Å². The highest BCUT2D eigenvalue weighted by atomic mass is 32.2. The van der Waals surface area contributed by atoms with Gasteiger partial charge in [-0.15, -0.1) is 10.2 Å². The monoisotopic (exact) mass is 322 g/mol. The van der Waals surface area contributed by atoms with Crippen molar-refractivity contribution in [1.82, 2.24) is 20.1 Å². The number of halogens is 3. The van der Waals surface area contributed by atoms with Crippen molar-refractivity contribution >= 4 is 17.7 Å². The summed E-state index contributed by atoms with van der Waals surface area (Å²) in [5, 5.41) is 10.9. The molecule has 0 radical (unpaired) electrons. The molecule has 2 heterocycles. The molecule has 21 heavy (non-hydrogen) atoms. The molecule has 0 spiro atoms. The maximum Gasteiger partial charge on any atom is 0.442 e. The molecular weight excluding hydrogens is 305 g/mol. The minimum atomic E-state index is -4.38.